The predicted octanol–water partition coefficient (Wildman–Crippen LogP) is 3.27. The van der Waals surface area contributed by atoms with Crippen LogP contribution in [0.3, 0.4) is 0 Å². The Balaban J connectivity index is 2.31. The second-order valence-electron chi connectivity index (χ2n) is 3.85. The molecule has 0 aliphatic carbocycles. The van der Waals surface area contributed by atoms with E-state index in [0.717, 1.165) is 0 Å². The number of nitrogens with zero attached hydrogens (tertiary/aromatic N) is 2. The molecule has 0 spiro atoms. The Kier molecular flexibility index (Phi) is 5.13. The number of rotatable bonds is 4. The van der Waals surface area contributed by atoms with Crippen LogP contribution in [-0.2, 0) is 0 Å². The summed E-state index contributed by atoms with van der Waals surface area (Å²) in [5.41, 5.74) is 0.341. The van der Waals surface area contributed by atoms with Crippen LogP contribution in [0.25, 0.3) is 0 Å². The van der Waals surface area contributed by atoms with E-state index in [-0.39, 0.29) is 5.91 Å². The van der Waals surface area contributed by atoms with Crippen molar-refractivity contribution in [3.63, 3.8) is 0 Å². The van der Waals surface area contributed by atoms with Gasteiger partial charge in [-0.1, -0.05) is 0 Å². The topological polar surface area (TPSA) is 73.3 Å². The lowest BCUT2D eigenvalue weighted by Crippen LogP contribution is -2.15. The van der Waals surface area contributed by atoms with E-state index in [9.17, 15) is 4.79 Å². The van der Waals surface area contributed by atoms with E-state index in [1.807, 2.05) is 0 Å². The van der Waals surface area contributed by atoms with Gasteiger partial charge in [0.15, 0.2) is 5.82 Å². The number of benzene rings is 1. The molecule has 0 aliphatic rings. The van der Waals surface area contributed by atoms with Gasteiger partial charge in [0.2, 0.25) is 0 Å². The summed E-state index contributed by atoms with van der Waals surface area (Å²) in [6, 6.07) is 4.97. The molecular weight excluding hydrogens is 406 g/mol. The van der Waals surface area contributed by atoms with E-state index < -0.39 is 0 Å². The first-order chi connectivity index (χ1) is 10.0. The maximum atomic E-state index is 12.4. The van der Waals surface area contributed by atoms with Gasteiger partial charge in [0.1, 0.15) is 20.7 Å². The van der Waals surface area contributed by atoms with Crippen LogP contribution in [0, 0.1) is 0 Å². The highest BCUT2D eigenvalue weighted by molar-refractivity contribution is 9.11. The Labute approximate surface area is 138 Å². The predicted molar refractivity (Wildman–Crippen MR) is 84.9 cm³/mol. The number of hydrogen-bond donors (Lipinski definition) is 1. The highest BCUT2D eigenvalue weighted by Crippen LogP contribution is 2.26. The van der Waals surface area contributed by atoms with Crippen LogP contribution in [0.4, 0.5) is 5.82 Å². The van der Waals surface area contributed by atoms with E-state index in [1.54, 1.807) is 18.2 Å². The fraction of sp³-hybridized carbons (Fsp3) is 0.154. The normalized spacial score (nSPS) is 10.1. The fourth-order valence-electron chi connectivity index (χ4n) is 1.60. The summed E-state index contributed by atoms with van der Waals surface area (Å²) in [6.07, 6.45) is 1.49. The van der Waals surface area contributed by atoms with Crippen molar-refractivity contribution < 1.29 is 14.3 Å². The zero-order valence-corrected chi connectivity index (χ0v) is 14.4. The summed E-state index contributed by atoms with van der Waals surface area (Å²) in [7, 11) is 3.02. The second kappa shape index (κ2) is 6.86. The third-order valence-corrected chi connectivity index (χ3v) is 3.52. The highest BCUT2D eigenvalue weighted by Gasteiger charge is 2.16. The van der Waals surface area contributed by atoms with E-state index in [0.29, 0.717) is 32.1 Å². The first-order valence-corrected chi connectivity index (χ1v) is 7.35. The molecule has 0 fully saturated rings. The summed E-state index contributed by atoms with van der Waals surface area (Å²) in [5, 5.41) is 2.66. The number of methoxy groups -OCH3 is 2. The summed E-state index contributed by atoms with van der Waals surface area (Å²) in [4.78, 5) is 20.5. The molecule has 2 rings (SSSR count). The van der Waals surface area contributed by atoms with Gasteiger partial charge in [-0.2, -0.15) is 0 Å². The quantitative estimate of drug-likeness (QED) is 0.827. The molecule has 2 aromatic rings. The molecule has 1 heterocycles. The van der Waals surface area contributed by atoms with Crippen molar-refractivity contribution >= 4 is 43.6 Å². The molecule has 0 saturated carbocycles. The molecule has 1 aromatic carbocycles. The van der Waals surface area contributed by atoms with Crippen LogP contribution in [-0.4, -0.2) is 30.1 Å². The number of aromatic nitrogens is 2. The average molecular weight is 417 g/mol. The number of amides is 1. The molecule has 6 nitrogen and oxygen atoms in total. The Bertz CT molecular complexity index is 680. The minimum atomic E-state index is -0.372. The highest BCUT2D eigenvalue weighted by atomic mass is 79.9. The van der Waals surface area contributed by atoms with Crippen molar-refractivity contribution in [1.82, 2.24) is 9.97 Å². The molecule has 8 heteroatoms. The van der Waals surface area contributed by atoms with Crippen LogP contribution in [0.5, 0.6) is 11.5 Å². The van der Waals surface area contributed by atoms with Gasteiger partial charge in [-0.25, -0.2) is 9.97 Å². The largest absolute Gasteiger partial charge is 0.497 e. The monoisotopic (exact) mass is 415 g/mol. The van der Waals surface area contributed by atoms with Crippen LogP contribution < -0.4 is 14.8 Å². The zero-order valence-electron chi connectivity index (χ0n) is 11.2. The Hall–Kier alpha value is -1.67. The van der Waals surface area contributed by atoms with E-state index in [4.69, 9.17) is 9.47 Å². The Morgan fingerprint density at radius 2 is 2.00 bits per heavy atom. The molecule has 0 atom stereocenters. The minimum Gasteiger partial charge on any atom is -0.497 e. The summed E-state index contributed by atoms with van der Waals surface area (Å²) >= 11 is 6.43. The van der Waals surface area contributed by atoms with Crippen LogP contribution in [0.2, 0.25) is 0 Å². The molecule has 110 valence electrons. The smallest absolute Gasteiger partial charge is 0.260 e. The summed E-state index contributed by atoms with van der Waals surface area (Å²) < 4.78 is 11.3. The van der Waals surface area contributed by atoms with Crippen LogP contribution in [0.15, 0.2) is 33.6 Å². The molecule has 0 bridgehead atoms. The maximum Gasteiger partial charge on any atom is 0.260 e. The molecule has 0 radical (unpaired) electrons. The number of hydrogen-bond acceptors (Lipinski definition) is 5. The number of ether oxygens (including phenoxy) is 2. The molecule has 1 N–H and O–H groups in total. The summed E-state index contributed by atoms with van der Waals surface area (Å²) in [6.45, 7) is 0. The van der Waals surface area contributed by atoms with Crippen molar-refractivity contribution in [2.24, 2.45) is 0 Å². The fourth-order valence-corrected chi connectivity index (χ4v) is 2.51. The van der Waals surface area contributed by atoms with Crippen LogP contribution in [0.1, 0.15) is 10.4 Å². The molecule has 0 aliphatic heterocycles. The zero-order chi connectivity index (χ0) is 15.4. The van der Waals surface area contributed by atoms with Gasteiger partial charge >= 0.3 is 0 Å². The second-order valence-corrected chi connectivity index (χ2v) is 5.42. The summed E-state index contributed by atoms with van der Waals surface area (Å²) in [5.74, 6) is 0.938. The molecule has 1 amide bonds. The van der Waals surface area contributed by atoms with Crippen molar-refractivity contribution in [3.8, 4) is 11.5 Å². The molecule has 21 heavy (non-hydrogen) atoms. The maximum absolute atomic E-state index is 12.4. The SMILES string of the molecule is COc1ccc(OC)c(C(=O)Nc2ncc(Br)nc2Br)c1. The third-order valence-electron chi connectivity index (χ3n) is 2.58. The molecule has 0 saturated heterocycles. The number of carbonyl (C=O) groups excluding carboxylic acids is 1. The lowest BCUT2D eigenvalue weighted by atomic mass is 10.1. The van der Waals surface area contributed by atoms with Gasteiger partial charge in [0.25, 0.3) is 5.91 Å². The third kappa shape index (κ3) is 3.70. The van der Waals surface area contributed by atoms with Crippen molar-refractivity contribution in [3.05, 3.63) is 39.2 Å². The first kappa shape index (κ1) is 15.7. The van der Waals surface area contributed by atoms with E-state index >= 15 is 0 Å². The standard InChI is InChI=1S/C13H11Br2N3O3/c1-20-7-3-4-9(21-2)8(5-7)13(19)18-12-11(15)17-10(14)6-16-12/h3-6H,1-2H3,(H,16,18,19). The van der Waals surface area contributed by atoms with E-state index in [2.05, 4.69) is 47.1 Å². The van der Waals surface area contributed by atoms with Crippen molar-refractivity contribution in [2.75, 3.05) is 19.5 Å². The molecular formula is C13H11Br2N3O3. The minimum absolute atomic E-state index is 0.313. The Morgan fingerprint density at radius 3 is 2.62 bits per heavy atom. The first-order valence-electron chi connectivity index (χ1n) is 5.76. The van der Waals surface area contributed by atoms with Crippen molar-refractivity contribution in [1.29, 1.82) is 0 Å². The average Bonchev–Trinajstić information content (AvgIpc) is 2.49. The molecule has 0 unspecified atom stereocenters. The Morgan fingerprint density at radius 1 is 1.24 bits per heavy atom. The van der Waals surface area contributed by atoms with Gasteiger partial charge in [-0.15, -0.1) is 0 Å². The van der Waals surface area contributed by atoms with Crippen LogP contribution >= 0.6 is 31.9 Å². The van der Waals surface area contributed by atoms with Gasteiger partial charge < -0.3 is 14.8 Å². The van der Waals surface area contributed by atoms with Gasteiger partial charge in [-0.05, 0) is 50.1 Å². The van der Waals surface area contributed by atoms with Gasteiger partial charge in [-0.3, -0.25) is 4.79 Å². The number of halogens is 2. The van der Waals surface area contributed by atoms with Crippen molar-refractivity contribution in [2.45, 2.75) is 0 Å². The van der Waals surface area contributed by atoms with E-state index in [1.165, 1.54) is 20.4 Å². The lowest BCUT2D eigenvalue weighted by Gasteiger charge is -2.11. The number of carbonyl (C=O) groups is 1. The van der Waals surface area contributed by atoms with Gasteiger partial charge in [0.05, 0.1) is 26.0 Å². The van der Waals surface area contributed by atoms with Gasteiger partial charge in [0, 0.05) is 0 Å². The number of nitrogens with one attached hydrogen (secondary N) is 1. The molecule has 1 aromatic heterocycles. The lowest BCUT2D eigenvalue weighted by molar-refractivity contribution is 0.102. The number of anilines is 1.